The van der Waals surface area contributed by atoms with Crippen LogP contribution in [0.4, 0.5) is 20.6 Å². The Morgan fingerprint density at radius 3 is 3.00 bits per heavy atom. The monoisotopic (exact) mass is 407 g/mol. The molecule has 9 nitrogen and oxygen atoms in total. The van der Waals surface area contributed by atoms with Gasteiger partial charge in [-0.2, -0.15) is 4.39 Å². The molecule has 1 fully saturated rings. The Labute approximate surface area is 144 Å². The highest BCUT2D eigenvalue weighted by molar-refractivity contribution is 9.10. The second-order valence-electron chi connectivity index (χ2n) is 4.96. The van der Waals surface area contributed by atoms with Gasteiger partial charge in [0.25, 0.3) is 0 Å². The molecule has 11 heteroatoms. The molecule has 0 saturated carbocycles. The average molecular weight is 408 g/mol. The average Bonchev–Trinajstić information content (AvgIpc) is 2.55. The molecular formula is C13H15BrFN3O6. The quantitative estimate of drug-likeness (QED) is 0.568. The van der Waals surface area contributed by atoms with Gasteiger partial charge in [-0.15, -0.1) is 0 Å². The molecule has 0 aliphatic carbocycles. The molecule has 1 aromatic carbocycles. The number of anilines is 1. The van der Waals surface area contributed by atoms with Crippen molar-refractivity contribution in [3.05, 3.63) is 26.5 Å². The van der Waals surface area contributed by atoms with Crippen LogP contribution < -0.4 is 10.1 Å². The van der Waals surface area contributed by atoms with Crippen molar-refractivity contribution in [2.45, 2.75) is 6.10 Å². The van der Waals surface area contributed by atoms with Crippen molar-refractivity contribution in [2.24, 2.45) is 0 Å². The molecule has 1 aromatic rings. The van der Waals surface area contributed by atoms with Crippen molar-refractivity contribution in [3.8, 4) is 5.75 Å². The van der Waals surface area contributed by atoms with Crippen LogP contribution in [0.15, 0.2) is 10.5 Å². The van der Waals surface area contributed by atoms with Gasteiger partial charge in [0.15, 0.2) is 5.69 Å². The maximum Gasteiger partial charge on any atom is 0.407 e. The van der Waals surface area contributed by atoms with Crippen LogP contribution in [0.3, 0.4) is 0 Å². The Kier molecular flexibility index (Phi) is 5.78. The van der Waals surface area contributed by atoms with Gasteiger partial charge >= 0.3 is 11.8 Å². The molecule has 1 amide bonds. The van der Waals surface area contributed by atoms with Crippen LogP contribution >= 0.6 is 15.9 Å². The third kappa shape index (κ3) is 3.85. The highest BCUT2D eigenvalue weighted by atomic mass is 79.9. The predicted molar refractivity (Wildman–Crippen MR) is 85.1 cm³/mol. The van der Waals surface area contributed by atoms with Crippen LogP contribution in [0.1, 0.15) is 0 Å². The normalized spacial score (nSPS) is 17.5. The molecule has 132 valence electrons. The van der Waals surface area contributed by atoms with Crippen LogP contribution in [0.25, 0.3) is 0 Å². The van der Waals surface area contributed by atoms with E-state index in [1.165, 1.54) is 18.1 Å². The predicted octanol–water partition coefficient (Wildman–Crippen LogP) is 2.30. The number of rotatable bonds is 5. The summed E-state index contributed by atoms with van der Waals surface area (Å²) < 4.78 is 24.5. The lowest BCUT2D eigenvalue weighted by Crippen LogP contribution is -2.47. The minimum atomic E-state index is -1.07. The molecule has 1 unspecified atom stereocenters. The summed E-state index contributed by atoms with van der Waals surface area (Å²) in [7, 11) is 1.30. The Hall–Kier alpha value is -2.14. The molecule has 1 aliphatic rings. The number of benzene rings is 1. The summed E-state index contributed by atoms with van der Waals surface area (Å²) in [5.74, 6) is -0.944. The lowest BCUT2D eigenvalue weighted by atomic mass is 10.2. The number of nitrogens with one attached hydrogen (secondary N) is 1. The number of carbonyl (C=O) groups is 1. The van der Waals surface area contributed by atoms with Crippen LogP contribution in [-0.4, -0.2) is 60.5 Å². The molecule has 1 saturated heterocycles. The first-order valence-electron chi connectivity index (χ1n) is 6.88. The number of ether oxygens (including phenoxy) is 2. The summed E-state index contributed by atoms with van der Waals surface area (Å²) in [6.07, 6.45) is -1.59. The van der Waals surface area contributed by atoms with Gasteiger partial charge in [-0.25, -0.2) is 4.79 Å². The Morgan fingerprint density at radius 2 is 2.42 bits per heavy atom. The van der Waals surface area contributed by atoms with Crippen LogP contribution in [0, 0.1) is 15.9 Å². The van der Waals surface area contributed by atoms with Gasteiger partial charge in [-0.05, 0) is 22.0 Å². The third-order valence-electron chi connectivity index (χ3n) is 3.48. The number of amides is 1. The molecule has 1 aliphatic heterocycles. The van der Waals surface area contributed by atoms with Crippen LogP contribution in [0.5, 0.6) is 5.75 Å². The van der Waals surface area contributed by atoms with E-state index in [9.17, 15) is 19.3 Å². The minimum Gasteiger partial charge on any atom is -0.494 e. The van der Waals surface area contributed by atoms with Crippen molar-refractivity contribution in [1.29, 1.82) is 0 Å². The zero-order valence-corrected chi connectivity index (χ0v) is 14.2. The summed E-state index contributed by atoms with van der Waals surface area (Å²) in [5.41, 5.74) is -0.883. The molecule has 0 bridgehead atoms. The lowest BCUT2D eigenvalue weighted by Gasteiger charge is -2.31. The highest BCUT2D eigenvalue weighted by Crippen LogP contribution is 2.40. The number of methoxy groups -OCH3 is 1. The number of halogens is 2. The second-order valence-corrected chi connectivity index (χ2v) is 5.81. The summed E-state index contributed by atoms with van der Waals surface area (Å²) in [4.78, 5) is 22.5. The van der Waals surface area contributed by atoms with Crippen molar-refractivity contribution in [3.63, 3.8) is 0 Å². The van der Waals surface area contributed by atoms with Gasteiger partial charge < -0.3 is 24.8 Å². The van der Waals surface area contributed by atoms with E-state index in [1.54, 1.807) is 0 Å². The van der Waals surface area contributed by atoms with Crippen molar-refractivity contribution in [2.75, 3.05) is 38.7 Å². The smallest absolute Gasteiger partial charge is 0.407 e. The van der Waals surface area contributed by atoms with E-state index in [1.807, 2.05) is 0 Å². The summed E-state index contributed by atoms with van der Waals surface area (Å²) in [6.45, 7) is 0.633. The fourth-order valence-corrected chi connectivity index (χ4v) is 2.72. The largest absolute Gasteiger partial charge is 0.494 e. The van der Waals surface area contributed by atoms with E-state index in [-0.39, 0.29) is 42.2 Å². The van der Waals surface area contributed by atoms with E-state index >= 15 is 0 Å². The third-order valence-corrected chi connectivity index (χ3v) is 4.05. The van der Waals surface area contributed by atoms with Gasteiger partial charge in [0, 0.05) is 13.1 Å². The first-order valence-corrected chi connectivity index (χ1v) is 7.68. The van der Waals surface area contributed by atoms with Gasteiger partial charge in [-0.3, -0.25) is 10.1 Å². The minimum absolute atomic E-state index is 0.0576. The van der Waals surface area contributed by atoms with E-state index in [0.29, 0.717) is 0 Å². The zero-order valence-electron chi connectivity index (χ0n) is 12.6. The lowest BCUT2D eigenvalue weighted by molar-refractivity contribution is -0.386. The number of nitro benzene ring substituents is 1. The van der Waals surface area contributed by atoms with Crippen molar-refractivity contribution >= 4 is 33.4 Å². The molecule has 1 heterocycles. The van der Waals surface area contributed by atoms with Gasteiger partial charge in [-0.1, -0.05) is 0 Å². The number of morpholine rings is 1. The number of nitro groups is 1. The van der Waals surface area contributed by atoms with Gasteiger partial charge in [0.1, 0.15) is 5.75 Å². The summed E-state index contributed by atoms with van der Waals surface area (Å²) in [5, 5.41) is 22.9. The standard InChI is InChI=1S/C13H15BrFN3O6/c1-23-9-4-8(14)10(15)12(18(21)22)11(9)16-5-7-6-17(13(19)20)2-3-24-7/h4,7,16H,2-3,5-6H2,1H3,(H,19,20). The van der Waals surface area contributed by atoms with Crippen molar-refractivity contribution < 1.29 is 28.7 Å². The topological polar surface area (TPSA) is 114 Å². The SMILES string of the molecule is COc1cc(Br)c(F)c([N+](=O)[O-])c1NCC1CN(C(=O)O)CCO1. The maximum absolute atomic E-state index is 14.1. The van der Waals surface area contributed by atoms with Gasteiger partial charge in [0.2, 0.25) is 5.82 Å². The van der Waals surface area contributed by atoms with E-state index in [2.05, 4.69) is 21.2 Å². The molecule has 0 spiro atoms. The van der Waals surface area contributed by atoms with Gasteiger partial charge in [0.05, 0.1) is 35.8 Å². The molecule has 2 rings (SSSR count). The highest BCUT2D eigenvalue weighted by Gasteiger charge is 2.29. The first kappa shape index (κ1) is 18.2. The fourth-order valence-electron chi connectivity index (χ4n) is 2.33. The van der Waals surface area contributed by atoms with E-state index in [4.69, 9.17) is 14.6 Å². The molecule has 2 N–H and O–H groups in total. The Bertz CT molecular complexity index is 659. The zero-order chi connectivity index (χ0) is 17.9. The van der Waals surface area contributed by atoms with Crippen LogP contribution in [0.2, 0.25) is 0 Å². The number of carboxylic acid groups (broad SMARTS) is 1. The first-order chi connectivity index (χ1) is 11.3. The number of hydrogen-bond donors (Lipinski definition) is 2. The fraction of sp³-hybridized carbons (Fsp3) is 0.462. The number of hydrogen-bond acceptors (Lipinski definition) is 6. The molecule has 0 radical (unpaired) electrons. The molecule has 1 atom stereocenters. The molecular weight excluding hydrogens is 393 g/mol. The maximum atomic E-state index is 14.1. The second kappa shape index (κ2) is 7.62. The number of nitrogens with zero attached hydrogens (tertiary/aromatic N) is 2. The van der Waals surface area contributed by atoms with Crippen LogP contribution in [-0.2, 0) is 4.74 Å². The van der Waals surface area contributed by atoms with Crippen molar-refractivity contribution in [1.82, 2.24) is 4.90 Å². The Balaban J connectivity index is 2.21. The summed E-state index contributed by atoms with van der Waals surface area (Å²) >= 11 is 2.91. The van der Waals surface area contributed by atoms with E-state index in [0.717, 1.165) is 0 Å². The van der Waals surface area contributed by atoms with E-state index < -0.39 is 28.6 Å². The Morgan fingerprint density at radius 1 is 1.71 bits per heavy atom. The molecule has 0 aromatic heterocycles. The summed E-state index contributed by atoms with van der Waals surface area (Å²) in [6, 6.07) is 1.27. The molecule has 24 heavy (non-hydrogen) atoms.